The van der Waals surface area contributed by atoms with Crippen LogP contribution in [0, 0.1) is 11.6 Å². The average molecular weight is 274 g/mol. The Morgan fingerprint density at radius 2 is 1.85 bits per heavy atom. The molecular formula is C15H12F2N2O. The molecule has 1 aromatic heterocycles. The van der Waals surface area contributed by atoms with E-state index in [-0.39, 0.29) is 17.1 Å². The maximum absolute atomic E-state index is 14.1. The largest absolute Gasteiger partial charge is 0.494 e. The molecule has 0 fully saturated rings. The zero-order chi connectivity index (χ0) is 14.1. The molecule has 0 atom stereocenters. The van der Waals surface area contributed by atoms with Gasteiger partial charge < -0.3 is 9.72 Å². The molecule has 0 amide bonds. The van der Waals surface area contributed by atoms with Crippen molar-refractivity contribution < 1.29 is 13.5 Å². The van der Waals surface area contributed by atoms with Gasteiger partial charge in [0.25, 0.3) is 0 Å². The smallest absolute Gasteiger partial charge is 0.144 e. The van der Waals surface area contributed by atoms with Crippen LogP contribution in [0.15, 0.2) is 36.4 Å². The summed E-state index contributed by atoms with van der Waals surface area (Å²) >= 11 is 0. The second-order valence-corrected chi connectivity index (χ2v) is 4.30. The van der Waals surface area contributed by atoms with Crippen molar-refractivity contribution in [2.75, 3.05) is 6.61 Å². The summed E-state index contributed by atoms with van der Waals surface area (Å²) in [5, 5.41) is 0. The van der Waals surface area contributed by atoms with Crippen molar-refractivity contribution in [2.24, 2.45) is 0 Å². The Hall–Kier alpha value is -2.43. The quantitative estimate of drug-likeness (QED) is 0.786. The first kappa shape index (κ1) is 12.6. The third kappa shape index (κ3) is 2.11. The summed E-state index contributed by atoms with van der Waals surface area (Å²) in [6, 6.07) is 9.55. The minimum Gasteiger partial charge on any atom is -0.494 e. The Balaban J connectivity index is 2.13. The normalized spacial score (nSPS) is 10.9. The number of fused-ring (bicyclic) bond motifs is 1. The van der Waals surface area contributed by atoms with Crippen molar-refractivity contribution in [3.8, 4) is 17.1 Å². The lowest BCUT2D eigenvalue weighted by Crippen LogP contribution is -1.97. The fourth-order valence-electron chi connectivity index (χ4n) is 2.10. The number of nitrogens with one attached hydrogen (secondary N) is 1. The number of hydrogen-bond acceptors (Lipinski definition) is 2. The molecule has 0 saturated heterocycles. The standard InChI is InChI=1S/C15H12F2N2O/c1-2-20-9-7-10(16)14(11(17)8-9)15-18-12-5-3-4-6-13(12)19-15/h3-8H,2H2,1H3,(H,18,19). The highest BCUT2D eigenvalue weighted by Gasteiger charge is 2.17. The van der Waals surface area contributed by atoms with Gasteiger partial charge in [0.15, 0.2) is 0 Å². The number of hydrogen-bond donors (Lipinski definition) is 1. The van der Waals surface area contributed by atoms with E-state index in [1.54, 1.807) is 19.1 Å². The summed E-state index contributed by atoms with van der Waals surface area (Å²) in [5.41, 5.74) is 1.22. The van der Waals surface area contributed by atoms with Crippen molar-refractivity contribution in [3.05, 3.63) is 48.0 Å². The lowest BCUT2D eigenvalue weighted by molar-refractivity contribution is 0.336. The highest BCUT2D eigenvalue weighted by Crippen LogP contribution is 2.29. The number of aromatic nitrogens is 2. The van der Waals surface area contributed by atoms with E-state index in [4.69, 9.17) is 4.74 Å². The van der Waals surface area contributed by atoms with Gasteiger partial charge in [-0.25, -0.2) is 13.8 Å². The van der Waals surface area contributed by atoms with Crippen LogP contribution < -0.4 is 4.74 Å². The monoisotopic (exact) mass is 274 g/mol. The fraction of sp³-hybridized carbons (Fsp3) is 0.133. The Morgan fingerprint density at radius 1 is 1.15 bits per heavy atom. The van der Waals surface area contributed by atoms with Crippen molar-refractivity contribution in [3.63, 3.8) is 0 Å². The Morgan fingerprint density at radius 3 is 2.50 bits per heavy atom. The predicted molar refractivity (Wildman–Crippen MR) is 72.6 cm³/mol. The van der Waals surface area contributed by atoms with Crippen molar-refractivity contribution >= 4 is 11.0 Å². The molecule has 102 valence electrons. The molecule has 0 saturated carbocycles. The summed E-state index contributed by atoms with van der Waals surface area (Å²) in [6.45, 7) is 2.10. The molecule has 0 bridgehead atoms. The number of imidazole rings is 1. The van der Waals surface area contributed by atoms with Gasteiger partial charge in [-0.1, -0.05) is 12.1 Å². The first-order valence-corrected chi connectivity index (χ1v) is 6.26. The molecule has 1 N–H and O–H groups in total. The van der Waals surface area contributed by atoms with Crippen LogP contribution in [0.4, 0.5) is 8.78 Å². The predicted octanol–water partition coefficient (Wildman–Crippen LogP) is 3.91. The molecule has 5 heteroatoms. The van der Waals surface area contributed by atoms with Crippen LogP contribution in [0.2, 0.25) is 0 Å². The second kappa shape index (κ2) is 4.92. The van der Waals surface area contributed by atoms with Crippen LogP contribution in [-0.4, -0.2) is 16.6 Å². The number of ether oxygens (including phenoxy) is 1. The van der Waals surface area contributed by atoms with Crippen LogP contribution in [-0.2, 0) is 0 Å². The second-order valence-electron chi connectivity index (χ2n) is 4.30. The number of rotatable bonds is 3. The maximum atomic E-state index is 14.1. The Labute approximate surface area is 114 Å². The molecule has 0 unspecified atom stereocenters. The third-order valence-corrected chi connectivity index (χ3v) is 2.95. The van der Waals surface area contributed by atoms with E-state index in [0.29, 0.717) is 12.1 Å². The van der Waals surface area contributed by atoms with Gasteiger partial charge >= 0.3 is 0 Å². The molecule has 3 rings (SSSR count). The van der Waals surface area contributed by atoms with E-state index in [1.807, 2.05) is 12.1 Å². The first-order chi connectivity index (χ1) is 9.69. The molecule has 3 aromatic rings. The van der Waals surface area contributed by atoms with Gasteiger partial charge in [0.2, 0.25) is 0 Å². The van der Waals surface area contributed by atoms with E-state index < -0.39 is 11.6 Å². The number of H-pyrrole nitrogens is 1. The molecule has 0 aliphatic heterocycles. The average Bonchev–Trinajstić information content (AvgIpc) is 2.81. The number of aromatic amines is 1. The molecule has 1 heterocycles. The molecule has 20 heavy (non-hydrogen) atoms. The summed E-state index contributed by atoms with van der Waals surface area (Å²) in [5.74, 6) is -1.06. The van der Waals surface area contributed by atoms with Crippen molar-refractivity contribution in [2.45, 2.75) is 6.92 Å². The van der Waals surface area contributed by atoms with Crippen molar-refractivity contribution in [1.29, 1.82) is 0 Å². The van der Waals surface area contributed by atoms with E-state index in [2.05, 4.69) is 9.97 Å². The van der Waals surface area contributed by atoms with E-state index in [0.717, 1.165) is 17.6 Å². The molecule has 0 aliphatic carbocycles. The van der Waals surface area contributed by atoms with Gasteiger partial charge in [0.05, 0.1) is 23.2 Å². The van der Waals surface area contributed by atoms with E-state index in [1.165, 1.54) is 0 Å². The number of para-hydroxylation sites is 2. The minimum atomic E-state index is -0.701. The van der Waals surface area contributed by atoms with Gasteiger partial charge in [-0.05, 0) is 19.1 Å². The zero-order valence-electron chi connectivity index (χ0n) is 10.8. The van der Waals surface area contributed by atoms with E-state index in [9.17, 15) is 8.78 Å². The van der Waals surface area contributed by atoms with Crippen LogP contribution in [0.5, 0.6) is 5.75 Å². The SMILES string of the molecule is CCOc1cc(F)c(-c2nc3ccccc3[nH]2)c(F)c1. The minimum absolute atomic E-state index is 0.169. The topological polar surface area (TPSA) is 37.9 Å². The molecule has 3 nitrogen and oxygen atoms in total. The lowest BCUT2D eigenvalue weighted by atomic mass is 10.2. The number of benzene rings is 2. The molecule has 0 aliphatic rings. The van der Waals surface area contributed by atoms with Crippen LogP contribution >= 0.6 is 0 Å². The van der Waals surface area contributed by atoms with Crippen LogP contribution in [0.1, 0.15) is 6.92 Å². The lowest BCUT2D eigenvalue weighted by Gasteiger charge is -2.06. The Kier molecular flexibility index (Phi) is 3.10. The number of nitrogens with zero attached hydrogens (tertiary/aromatic N) is 1. The third-order valence-electron chi connectivity index (χ3n) is 2.95. The highest BCUT2D eigenvalue weighted by molar-refractivity contribution is 5.79. The van der Waals surface area contributed by atoms with Gasteiger partial charge in [-0.2, -0.15) is 0 Å². The fourth-order valence-corrected chi connectivity index (χ4v) is 2.10. The van der Waals surface area contributed by atoms with Gasteiger partial charge in [0, 0.05) is 12.1 Å². The van der Waals surface area contributed by atoms with Gasteiger partial charge in [-0.15, -0.1) is 0 Å². The summed E-state index contributed by atoms with van der Waals surface area (Å²) in [7, 11) is 0. The van der Waals surface area contributed by atoms with Gasteiger partial charge in [0.1, 0.15) is 23.2 Å². The van der Waals surface area contributed by atoms with Crippen LogP contribution in [0.3, 0.4) is 0 Å². The zero-order valence-corrected chi connectivity index (χ0v) is 10.8. The Bertz CT molecular complexity index is 711. The maximum Gasteiger partial charge on any atom is 0.144 e. The molecule has 0 spiro atoms. The summed E-state index contributed by atoms with van der Waals surface area (Å²) in [6.07, 6.45) is 0. The van der Waals surface area contributed by atoms with Gasteiger partial charge in [-0.3, -0.25) is 0 Å². The van der Waals surface area contributed by atoms with E-state index >= 15 is 0 Å². The molecular weight excluding hydrogens is 262 g/mol. The summed E-state index contributed by atoms with van der Waals surface area (Å²) in [4.78, 5) is 7.12. The first-order valence-electron chi connectivity index (χ1n) is 6.26. The highest BCUT2D eigenvalue weighted by atomic mass is 19.1. The molecule has 2 aromatic carbocycles. The van der Waals surface area contributed by atoms with Crippen molar-refractivity contribution in [1.82, 2.24) is 9.97 Å². The van der Waals surface area contributed by atoms with Crippen LogP contribution in [0.25, 0.3) is 22.4 Å². The molecule has 0 radical (unpaired) electrons. The number of halogens is 2. The summed E-state index contributed by atoms with van der Waals surface area (Å²) < 4.78 is 33.2.